The van der Waals surface area contributed by atoms with Crippen LogP contribution in [0, 0.1) is 29.0 Å². The van der Waals surface area contributed by atoms with Crippen molar-refractivity contribution in [2.45, 2.75) is 38.5 Å². The lowest BCUT2D eigenvalue weighted by molar-refractivity contribution is -0.147. The summed E-state index contributed by atoms with van der Waals surface area (Å²) in [7, 11) is 0. The second kappa shape index (κ2) is 5.83. The van der Waals surface area contributed by atoms with E-state index in [-0.39, 0.29) is 28.4 Å². The number of esters is 1. The van der Waals surface area contributed by atoms with E-state index in [4.69, 9.17) is 16.3 Å². The maximum Gasteiger partial charge on any atom is 0.341 e. The smallest absolute Gasteiger partial charge is 0.341 e. The Hall–Kier alpha value is -1.42. The number of benzene rings is 1. The monoisotopic (exact) mass is 350 g/mol. The van der Waals surface area contributed by atoms with Crippen molar-refractivity contribution in [3.63, 3.8) is 0 Å². The molecule has 0 aromatic heterocycles. The molecule has 4 aliphatic carbocycles. The van der Waals surface area contributed by atoms with Gasteiger partial charge in [0, 0.05) is 10.4 Å². The molecule has 0 amide bonds. The predicted molar refractivity (Wildman–Crippen MR) is 87.3 cm³/mol. The van der Waals surface area contributed by atoms with Crippen LogP contribution in [0.5, 0.6) is 0 Å². The van der Waals surface area contributed by atoms with Gasteiger partial charge in [-0.25, -0.2) is 9.18 Å². The van der Waals surface area contributed by atoms with E-state index in [1.165, 1.54) is 31.4 Å². The normalized spacial score (nSPS) is 33.5. The molecule has 4 saturated carbocycles. The Morgan fingerprint density at radius 3 is 2.25 bits per heavy atom. The molecule has 0 N–H and O–H groups in total. The molecule has 0 radical (unpaired) electrons. The van der Waals surface area contributed by atoms with E-state index >= 15 is 0 Å². The maximum atomic E-state index is 13.8. The van der Waals surface area contributed by atoms with Gasteiger partial charge in [0.15, 0.2) is 12.4 Å². The Kier molecular flexibility index (Phi) is 3.91. The number of carbonyl (C=O) groups is 2. The van der Waals surface area contributed by atoms with Crippen molar-refractivity contribution in [2.24, 2.45) is 23.2 Å². The number of Topliss-reactive ketones (excluding diaryl/α,β-unsaturated/α-hetero) is 1. The summed E-state index contributed by atoms with van der Waals surface area (Å²) >= 11 is 5.68. The molecule has 1 aromatic rings. The Labute approximate surface area is 145 Å². The molecule has 4 bridgehead atoms. The Morgan fingerprint density at radius 2 is 1.71 bits per heavy atom. The fraction of sp³-hybridized carbons (Fsp3) is 0.579. The highest BCUT2D eigenvalue weighted by atomic mass is 35.5. The molecule has 1 aromatic carbocycles. The number of carbonyl (C=O) groups excluding carboxylic acids is 2. The van der Waals surface area contributed by atoms with Crippen LogP contribution < -0.4 is 0 Å². The van der Waals surface area contributed by atoms with Crippen LogP contribution in [0.15, 0.2) is 18.2 Å². The lowest BCUT2D eigenvalue weighted by atomic mass is 9.48. The van der Waals surface area contributed by atoms with Gasteiger partial charge in [-0.05, 0) is 74.5 Å². The molecule has 24 heavy (non-hydrogen) atoms. The zero-order chi connectivity index (χ0) is 16.9. The highest BCUT2D eigenvalue weighted by Gasteiger charge is 2.54. The average molecular weight is 351 g/mol. The van der Waals surface area contributed by atoms with Crippen molar-refractivity contribution in [1.29, 1.82) is 0 Å². The van der Waals surface area contributed by atoms with Crippen LogP contribution in [0.1, 0.15) is 48.9 Å². The fourth-order valence-electron chi connectivity index (χ4n) is 5.47. The van der Waals surface area contributed by atoms with Gasteiger partial charge in [-0.15, -0.1) is 0 Å². The van der Waals surface area contributed by atoms with E-state index < -0.39 is 11.8 Å². The van der Waals surface area contributed by atoms with Crippen molar-refractivity contribution in [3.05, 3.63) is 34.6 Å². The molecule has 5 rings (SSSR count). The Morgan fingerprint density at radius 1 is 1.12 bits per heavy atom. The SMILES string of the molecule is O=C(OCC(=O)C12CC3CC(CC(C3)C1)C2)c1ccc(Cl)cc1F. The van der Waals surface area contributed by atoms with Gasteiger partial charge in [-0.3, -0.25) is 4.79 Å². The Bertz CT molecular complexity index is 665. The maximum absolute atomic E-state index is 13.8. The average Bonchev–Trinajstić information content (AvgIpc) is 2.51. The molecule has 0 spiro atoms. The first-order valence-corrected chi connectivity index (χ1v) is 8.98. The predicted octanol–water partition coefficient (Wildman–Crippen LogP) is 4.42. The largest absolute Gasteiger partial charge is 0.454 e. The number of hydrogen-bond acceptors (Lipinski definition) is 3. The van der Waals surface area contributed by atoms with E-state index in [0.717, 1.165) is 25.3 Å². The summed E-state index contributed by atoms with van der Waals surface area (Å²) < 4.78 is 18.9. The molecule has 0 heterocycles. The van der Waals surface area contributed by atoms with Gasteiger partial charge in [0.1, 0.15) is 5.82 Å². The summed E-state index contributed by atoms with van der Waals surface area (Å²) in [6, 6.07) is 3.79. The van der Waals surface area contributed by atoms with Crippen LogP contribution in [0.2, 0.25) is 5.02 Å². The number of ether oxygens (including phenoxy) is 1. The van der Waals surface area contributed by atoms with Crippen molar-refractivity contribution < 1.29 is 18.7 Å². The van der Waals surface area contributed by atoms with Crippen molar-refractivity contribution in [1.82, 2.24) is 0 Å². The molecule has 0 aliphatic heterocycles. The summed E-state index contributed by atoms with van der Waals surface area (Å²) in [6.07, 6.45) is 6.56. The topological polar surface area (TPSA) is 43.4 Å². The fourth-order valence-corrected chi connectivity index (χ4v) is 5.63. The van der Waals surface area contributed by atoms with Crippen molar-refractivity contribution in [2.75, 3.05) is 6.61 Å². The third kappa shape index (κ3) is 2.75. The minimum Gasteiger partial charge on any atom is -0.454 e. The summed E-state index contributed by atoms with van der Waals surface area (Å²) in [5.74, 6) is 0.458. The first kappa shape index (κ1) is 16.1. The number of halogens is 2. The summed E-state index contributed by atoms with van der Waals surface area (Å²) in [6.45, 7) is -0.257. The zero-order valence-electron chi connectivity index (χ0n) is 13.4. The van der Waals surface area contributed by atoms with Crippen molar-refractivity contribution in [3.8, 4) is 0 Å². The van der Waals surface area contributed by atoms with Gasteiger partial charge >= 0.3 is 5.97 Å². The van der Waals surface area contributed by atoms with Gasteiger partial charge in [-0.1, -0.05) is 11.6 Å². The molecule has 5 heteroatoms. The number of rotatable bonds is 4. The molecule has 4 aliphatic rings. The second-order valence-corrected chi connectivity index (χ2v) is 8.26. The van der Waals surface area contributed by atoms with Crippen LogP contribution in [0.25, 0.3) is 0 Å². The lowest BCUT2D eigenvalue weighted by Gasteiger charge is -2.55. The molecule has 4 fully saturated rings. The molecular weight excluding hydrogens is 331 g/mol. The van der Waals surface area contributed by atoms with Crippen LogP contribution in [-0.2, 0) is 9.53 Å². The molecule has 0 atom stereocenters. The van der Waals surface area contributed by atoms with E-state index in [1.807, 2.05) is 0 Å². The molecule has 3 nitrogen and oxygen atoms in total. The van der Waals surface area contributed by atoms with Gasteiger partial charge in [0.25, 0.3) is 0 Å². The minimum absolute atomic E-state index is 0.0179. The molecule has 0 saturated heterocycles. The van der Waals surface area contributed by atoms with Gasteiger partial charge < -0.3 is 4.74 Å². The van der Waals surface area contributed by atoms with Crippen LogP contribution >= 0.6 is 11.6 Å². The van der Waals surface area contributed by atoms with Crippen LogP contribution in [0.3, 0.4) is 0 Å². The first-order chi connectivity index (χ1) is 11.4. The number of ketones is 1. The quantitative estimate of drug-likeness (QED) is 0.755. The zero-order valence-corrected chi connectivity index (χ0v) is 14.2. The molecule has 128 valence electrons. The van der Waals surface area contributed by atoms with Crippen molar-refractivity contribution >= 4 is 23.4 Å². The summed E-state index contributed by atoms with van der Waals surface area (Å²) in [5.41, 5.74) is -0.481. The molecular formula is C19H20ClFO3. The van der Waals surface area contributed by atoms with E-state index in [0.29, 0.717) is 17.8 Å². The Balaban J connectivity index is 1.42. The van der Waals surface area contributed by atoms with E-state index in [9.17, 15) is 14.0 Å². The third-order valence-electron chi connectivity index (χ3n) is 6.12. The lowest BCUT2D eigenvalue weighted by Crippen LogP contribution is -2.51. The first-order valence-electron chi connectivity index (χ1n) is 8.61. The van der Waals surface area contributed by atoms with Gasteiger partial charge in [0.05, 0.1) is 5.56 Å². The standard InChI is InChI=1S/C19H20ClFO3/c20-14-1-2-15(16(21)6-14)18(23)24-10-17(22)19-7-11-3-12(8-19)5-13(4-11)9-19/h1-2,6,11-13H,3-5,7-10H2. The van der Waals surface area contributed by atoms with Gasteiger partial charge in [0.2, 0.25) is 0 Å². The molecule has 0 unspecified atom stereocenters. The van der Waals surface area contributed by atoms with E-state index in [2.05, 4.69) is 0 Å². The highest BCUT2D eigenvalue weighted by molar-refractivity contribution is 6.30. The minimum atomic E-state index is -0.803. The number of hydrogen-bond donors (Lipinski definition) is 0. The summed E-state index contributed by atoms with van der Waals surface area (Å²) in [4.78, 5) is 24.8. The van der Waals surface area contributed by atoms with Crippen LogP contribution in [0.4, 0.5) is 4.39 Å². The highest BCUT2D eigenvalue weighted by Crippen LogP contribution is 2.60. The third-order valence-corrected chi connectivity index (χ3v) is 6.35. The second-order valence-electron chi connectivity index (χ2n) is 7.82. The van der Waals surface area contributed by atoms with Gasteiger partial charge in [-0.2, -0.15) is 0 Å². The van der Waals surface area contributed by atoms with Crippen LogP contribution in [-0.4, -0.2) is 18.4 Å². The van der Waals surface area contributed by atoms with E-state index in [1.54, 1.807) is 0 Å². The summed E-state index contributed by atoms with van der Waals surface area (Å²) in [5, 5.41) is 0.216.